The second-order valence-corrected chi connectivity index (χ2v) is 5.44. The van der Waals surface area contributed by atoms with Crippen LogP contribution in [-0.4, -0.2) is 22.1 Å². The first kappa shape index (κ1) is 13.6. The van der Waals surface area contributed by atoms with Crippen molar-refractivity contribution in [2.45, 2.75) is 39.2 Å². The van der Waals surface area contributed by atoms with Gasteiger partial charge >= 0.3 is 0 Å². The third-order valence-corrected chi connectivity index (χ3v) is 3.79. The number of hydrogen-bond donors (Lipinski definition) is 2. The van der Waals surface area contributed by atoms with E-state index in [1.54, 1.807) is 19.1 Å². The highest BCUT2D eigenvalue weighted by Gasteiger charge is 2.23. The summed E-state index contributed by atoms with van der Waals surface area (Å²) in [6, 6.07) is 3.32. The predicted octanol–water partition coefficient (Wildman–Crippen LogP) is 1.27. The zero-order valence-corrected chi connectivity index (χ0v) is 12.0. The second-order valence-electron chi connectivity index (χ2n) is 5.44. The molecule has 2 aromatic heterocycles. The normalized spacial score (nSPS) is 17.3. The van der Waals surface area contributed by atoms with E-state index in [4.69, 9.17) is 4.42 Å². The Morgan fingerprint density at radius 1 is 1.43 bits per heavy atom. The van der Waals surface area contributed by atoms with Gasteiger partial charge < -0.3 is 9.73 Å². The topological polar surface area (TPSA) is 88.0 Å². The molecular formula is C15H17N3O3. The molecule has 1 aliphatic carbocycles. The Balaban J connectivity index is 1.74. The van der Waals surface area contributed by atoms with E-state index in [1.165, 1.54) is 0 Å². The van der Waals surface area contributed by atoms with Gasteiger partial charge in [0.2, 0.25) is 0 Å². The first-order chi connectivity index (χ1) is 10.0. The van der Waals surface area contributed by atoms with Crippen LogP contribution in [0.4, 0.5) is 0 Å². The van der Waals surface area contributed by atoms with Gasteiger partial charge in [0, 0.05) is 12.1 Å². The van der Waals surface area contributed by atoms with Gasteiger partial charge in [-0.1, -0.05) is 0 Å². The largest absolute Gasteiger partial charge is 0.466 e. The van der Waals surface area contributed by atoms with E-state index >= 15 is 0 Å². The predicted molar refractivity (Wildman–Crippen MR) is 76.3 cm³/mol. The van der Waals surface area contributed by atoms with Crippen molar-refractivity contribution in [2.24, 2.45) is 0 Å². The maximum atomic E-state index is 12.3. The van der Waals surface area contributed by atoms with Crippen molar-refractivity contribution in [3.8, 4) is 0 Å². The Morgan fingerprint density at radius 2 is 2.24 bits per heavy atom. The molecule has 110 valence electrons. The van der Waals surface area contributed by atoms with E-state index in [1.807, 2.05) is 6.92 Å². The maximum absolute atomic E-state index is 12.3. The van der Waals surface area contributed by atoms with E-state index in [0.29, 0.717) is 17.7 Å². The smallest absolute Gasteiger partial charge is 0.264 e. The second kappa shape index (κ2) is 5.20. The lowest BCUT2D eigenvalue weighted by Gasteiger charge is -2.24. The molecule has 1 aliphatic rings. The number of carbonyl (C=O) groups excluding carboxylic acids is 1. The van der Waals surface area contributed by atoms with Gasteiger partial charge in [0.1, 0.15) is 11.5 Å². The van der Waals surface area contributed by atoms with E-state index in [2.05, 4.69) is 15.5 Å². The summed E-state index contributed by atoms with van der Waals surface area (Å²) in [6.45, 7) is 3.60. The Morgan fingerprint density at radius 3 is 2.95 bits per heavy atom. The number of nitrogens with zero attached hydrogens (tertiary/aromatic N) is 1. The Hall–Kier alpha value is -2.37. The average molecular weight is 287 g/mol. The van der Waals surface area contributed by atoms with E-state index in [0.717, 1.165) is 29.9 Å². The summed E-state index contributed by atoms with van der Waals surface area (Å²) in [5, 5.41) is 9.50. The van der Waals surface area contributed by atoms with Crippen LogP contribution in [0.1, 0.15) is 39.6 Å². The van der Waals surface area contributed by atoms with E-state index in [9.17, 15) is 9.59 Å². The van der Waals surface area contributed by atoms with Crippen LogP contribution in [0.2, 0.25) is 0 Å². The van der Waals surface area contributed by atoms with Gasteiger partial charge in [-0.3, -0.25) is 9.59 Å². The minimum Gasteiger partial charge on any atom is -0.466 e. The molecule has 2 N–H and O–H groups in total. The highest BCUT2D eigenvalue weighted by Crippen LogP contribution is 2.19. The van der Waals surface area contributed by atoms with Crippen LogP contribution in [0, 0.1) is 13.8 Å². The fraction of sp³-hybridized carbons (Fsp3) is 0.400. The number of nitrogens with one attached hydrogen (secondary N) is 2. The van der Waals surface area contributed by atoms with Crippen molar-refractivity contribution in [1.29, 1.82) is 0 Å². The first-order valence-corrected chi connectivity index (χ1v) is 6.98. The summed E-state index contributed by atoms with van der Waals surface area (Å²) in [6.07, 6.45) is 2.20. The highest BCUT2D eigenvalue weighted by molar-refractivity contribution is 5.95. The fourth-order valence-corrected chi connectivity index (χ4v) is 2.78. The third kappa shape index (κ3) is 2.74. The van der Waals surface area contributed by atoms with Crippen LogP contribution < -0.4 is 10.9 Å². The molecule has 6 heteroatoms. The van der Waals surface area contributed by atoms with Gasteiger partial charge in [-0.15, -0.1) is 0 Å². The molecular weight excluding hydrogens is 270 g/mol. The number of fused-ring (bicyclic) bond motifs is 1. The summed E-state index contributed by atoms with van der Waals surface area (Å²) in [4.78, 5) is 23.6. The van der Waals surface area contributed by atoms with Gasteiger partial charge in [0.15, 0.2) is 0 Å². The van der Waals surface area contributed by atoms with Crippen LogP contribution in [0.15, 0.2) is 21.3 Å². The number of aryl methyl sites for hydroxylation is 3. The number of aromatic amines is 1. The van der Waals surface area contributed by atoms with E-state index in [-0.39, 0.29) is 17.5 Å². The molecule has 6 nitrogen and oxygen atoms in total. The SMILES string of the molecule is Cc1cc(C(=O)N[C@@H]2CCc3n[nH]c(=O)cc3C2)c(C)o1. The first-order valence-electron chi connectivity index (χ1n) is 6.98. The number of furan rings is 1. The number of carbonyl (C=O) groups is 1. The summed E-state index contributed by atoms with van der Waals surface area (Å²) in [5.41, 5.74) is 2.19. The lowest BCUT2D eigenvalue weighted by molar-refractivity contribution is 0.0932. The van der Waals surface area contributed by atoms with Gasteiger partial charge in [0.25, 0.3) is 11.5 Å². The molecule has 0 fully saturated rings. The summed E-state index contributed by atoms with van der Waals surface area (Å²) < 4.78 is 5.38. The molecule has 21 heavy (non-hydrogen) atoms. The monoisotopic (exact) mass is 287 g/mol. The molecule has 0 saturated carbocycles. The van der Waals surface area contributed by atoms with Crippen molar-refractivity contribution >= 4 is 5.91 Å². The zero-order chi connectivity index (χ0) is 15.0. The van der Waals surface area contributed by atoms with Gasteiger partial charge in [-0.05, 0) is 44.7 Å². The summed E-state index contributed by atoms with van der Waals surface area (Å²) in [5.74, 6) is 1.22. The number of amides is 1. The van der Waals surface area contributed by atoms with Crippen molar-refractivity contribution in [3.63, 3.8) is 0 Å². The molecule has 0 aromatic carbocycles. The van der Waals surface area contributed by atoms with Crippen molar-refractivity contribution in [3.05, 3.63) is 50.8 Å². The maximum Gasteiger partial charge on any atom is 0.264 e. The molecule has 3 rings (SSSR count). The third-order valence-electron chi connectivity index (χ3n) is 3.79. The van der Waals surface area contributed by atoms with Crippen molar-refractivity contribution < 1.29 is 9.21 Å². The molecule has 1 amide bonds. The standard InChI is InChI=1S/C15H17N3O3/c1-8-5-12(9(2)21-8)15(20)16-11-3-4-13-10(6-11)7-14(19)18-17-13/h5,7,11H,3-4,6H2,1-2H3,(H,16,20)(H,18,19)/t11-/m1/s1. The number of hydrogen-bond acceptors (Lipinski definition) is 4. The Kier molecular flexibility index (Phi) is 3.37. The molecule has 0 radical (unpaired) electrons. The molecule has 0 unspecified atom stereocenters. The zero-order valence-electron chi connectivity index (χ0n) is 12.0. The minimum atomic E-state index is -0.206. The molecule has 0 bridgehead atoms. The van der Waals surface area contributed by atoms with Crippen molar-refractivity contribution in [2.75, 3.05) is 0 Å². The molecule has 2 heterocycles. The van der Waals surface area contributed by atoms with Crippen LogP contribution >= 0.6 is 0 Å². The van der Waals surface area contributed by atoms with Gasteiger partial charge in [-0.2, -0.15) is 5.10 Å². The van der Waals surface area contributed by atoms with E-state index < -0.39 is 0 Å². The van der Waals surface area contributed by atoms with Crippen LogP contribution in [0.3, 0.4) is 0 Å². The number of rotatable bonds is 2. The Bertz CT molecular complexity index is 745. The molecule has 0 saturated heterocycles. The summed E-state index contributed by atoms with van der Waals surface area (Å²) >= 11 is 0. The highest BCUT2D eigenvalue weighted by atomic mass is 16.3. The fourth-order valence-electron chi connectivity index (χ4n) is 2.78. The molecule has 0 aliphatic heterocycles. The summed E-state index contributed by atoms with van der Waals surface area (Å²) in [7, 11) is 0. The average Bonchev–Trinajstić information content (AvgIpc) is 2.77. The minimum absolute atomic E-state index is 0.0169. The lowest BCUT2D eigenvalue weighted by Crippen LogP contribution is -2.39. The lowest BCUT2D eigenvalue weighted by atomic mass is 9.92. The van der Waals surface area contributed by atoms with Gasteiger partial charge in [-0.25, -0.2) is 5.10 Å². The molecule has 0 spiro atoms. The Labute approximate surface area is 121 Å². The quantitative estimate of drug-likeness (QED) is 0.870. The van der Waals surface area contributed by atoms with Crippen LogP contribution in [0.25, 0.3) is 0 Å². The van der Waals surface area contributed by atoms with Gasteiger partial charge in [0.05, 0.1) is 11.3 Å². The van der Waals surface area contributed by atoms with Crippen LogP contribution in [0.5, 0.6) is 0 Å². The van der Waals surface area contributed by atoms with Crippen LogP contribution in [-0.2, 0) is 12.8 Å². The molecule has 2 aromatic rings. The van der Waals surface area contributed by atoms with Crippen molar-refractivity contribution in [1.82, 2.24) is 15.5 Å². The molecule has 1 atom stereocenters. The number of H-pyrrole nitrogens is 1. The number of aromatic nitrogens is 2.